The Kier molecular flexibility index (Phi) is 12.1. The highest BCUT2D eigenvalue weighted by atomic mass is 16.5. The number of carboxylic acid groups (broad SMARTS) is 1. The number of carbonyl (C=O) groups is 4. The van der Waals surface area contributed by atoms with Gasteiger partial charge >= 0.3 is 11.9 Å². The highest BCUT2D eigenvalue weighted by molar-refractivity contribution is 6.00. The van der Waals surface area contributed by atoms with Gasteiger partial charge in [-0.15, -0.1) is 0 Å². The van der Waals surface area contributed by atoms with Gasteiger partial charge in [0.25, 0.3) is 0 Å². The fourth-order valence-corrected chi connectivity index (χ4v) is 13.7. The van der Waals surface area contributed by atoms with Crippen LogP contribution in [0, 0.1) is 56.2 Å². The largest absolute Gasteiger partial charge is 0.481 e. The predicted octanol–water partition coefficient (Wildman–Crippen LogP) is 7.51. The summed E-state index contributed by atoms with van der Waals surface area (Å²) in [4.78, 5) is 54.5. The van der Waals surface area contributed by atoms with Crippen molar-refractivity contribution in [2.24, 2.45) is 56.2 Å². The number of carbonyl (C=O) groups excluding carboxylic acids is 3. The number of hydrogen-bond donors (Lipinski definition) is 4. The quantitative estimate of drug-likeness (QED) is 0.148. The molecule has 0 aromatic heterocycles. The third kappa shape index (κ3) is 7.29. The van der Waals surface area contributed by atoms with Gasteiger partial charge in [-0.05, 0) is 116 Å². The van der Waals surface area contributed by atoms with Crippen molar-refractivity contribution in [1.82, 2.24) is 4.90 Å². The number of esters is 1. The summed E-state index contributed by atoms with van der Waals surface area (Å²) in [6.45, 7) is 18.9. The topological polar surface area (TPSA) is 162 Å². The zero-order valence-corrected chi connectivity index (χ0v) is 36.6. The summed E-state index contributed by atoms with van der Waals surface area (Å²) in [7, 11) is 0. The van der Waals surface area contributed by atoms with Gasteiger partial charge in [-0.3, -0.25) is 19.2 Å². The Morgan fingerprint density at radius 1 is 0.897 bits per heavy atom. The first-order chi connectivity index (χ1) is 27.0. The first-order valence-electron chi connectivity index (χ1n) is 22.0. The molecule has 0 heterocycles. The first-order valence-corrected chi connectivity index (χ1v) is 22.0. The number of amides is 1. The van der Waals surface area contributed by atoms with E-state index in [2.05, 4.69) is 48.5 Å². The number of hydrogen-bond acceptors (Lipinski definition) is 8. The normalized spacial score (nSPS) is 35.3. The van der Waals surface area contributed by atoms with Gasteiger partial charge in [-0.1, -0.05) is 84.4 Å². The monoisotopic (exact) mass is 806 g/mol. The second-order valence-electron chi connectivity index (χ2n) is 21.4. The van der Waals surface area contributed by atoms with Gasteiger partial charge in [-0.25, -0.2) is 0 Å². The summed E-state index contributed by atoms with van der Waals surface area (Å²) < 4.78 is 6.17. The zero-order valence-electron chi connectivity index (χ0n) is 36.6. The van der Waals surface area contributed by atoms with E-state index < -0.39 is 41.6 Å². The van der Waals surface area contributed by atoms with Crippen LogP contribution in [0.1, 0.15) is 139 Å². The molecule has 0 radical (unpaired) electrons. The molecule has 0 bridgehead atoms. The molecule has 58 heavy (non-hydrogen) atoms. The number of Topliss-reactive ketones (excluding diaryl/α,β-unsaturated/α-hetero) is 1. The van der Waals surface area contributed by atoms with Crippen LogP contribution in [-0.4, -0.2) is 80.4 Å². The van der Waals surface area contributed by atoms with Crippen molar-refractivity contribution in [2.45, 2.75) is 158 Å². The molecule has 10 nitrogen and oxygen atoms in total. The Balaban J connectivity index is 1.30. The fourth-order valence-electron chi connectivity index (χ4n) is 13.7. The van der Waals surface area contributed by atoms with Gasteiger partial charge in [-0.2, -0.15) is 0 Å². The molecule has 0 aliphatic heterocycles. The number of allylic oxidation sites excluding steroid dienone is 1. The predicted molar refractivity (Wildman–Crippen MR) is 221 cm³/mol. The van der Waals surface area contributed by atoms with Crippen molar-refractivity contribution in [3.63, 3.8) is 0 Å². The Bertz CT molecular complexity index is 1790. The zero-order chi connectivity index (χ0) is 42.8. The highest BCUT2D eigenvalue weighted by Gasteiger charge is 2.71. The van der Waals surface area contributed by atoms with E-state index in [1.54, 1.807) is 18.7 Å². The summed E-state index contributed by atoms with van der Waals surface area (Å²) in [5, 5.41) is 42.0. The van der Waals surface area contributed by atoms with E-state index in [9.17, 15) is 39.6 Å². The van der Waals surface area contributed by atoms with E-state index in [0.717, 1.165) is 61.7 Å². The van der Waals surface area contributed by atoms with Gasteiger partial charge < -0.3 is 30.1 Å². The molecule has 4 N–H and O–H groups in total. The highest BCUT2D eigenvalue weighted by Crippen LogP contribution is 2.77. The molecule has 10 heteroatoms. The molecule has 0 saturated heterocycles. The number of aliphatic hydroxyl groups is 3. The molecule has 1 aromatic carbocycles. The number of ether oxygens (including phenoxy) is 1. The molecule has 4 fully saturated rings. The number of ketones is 1. The molecular formula is C48H71NO9. The average Bonchev–Trinajstić information content (AvgIpc) is 3.46. The number of aliphatic hydroxyl groups excluding tert-OH is 3. The van der Waals surface area contributed by atoms with Crippen molar-refractivity contribution in [3.8, 4) is 0 Å². The van der Waals surface area contributed by atoms with Crippen molar-refractivity contribution in [1.29, 1.82) is 0 Å². The lowest BCUT2D eigenvalue weighted by Crippen LogP contribution is -2.66. The SMILES string of the molecule is CC(C)C1=C2[C@H]3CC[C@@H]4[C@@]5(C)CC[C@H](OC(=O)CC(C)(C)C(=O)O)C(C)(C)[C@@H]5CC[C@@]4(C)[C@]3(C)CC[C@@]2([C@@H](O)CN(Cc2ccccc2)C(=O)CC(O)CO)CC1=O. The summed E-state index contributed by atoms with van der Waals surface area (Å²) in [6, 6.07) is 9.57. The summed E-state index contributed by atoms with van der Waals surface area (Å²) in [5.74, 6) is -0.930. The maximum Gasteiger partial charge on any atom is 0.309 e. The second-order valence-corrected chi connectivity index (χ2v) is 21.4. The molecule has 1 amide bonds. The molecule has 10 atom stereocenters. The van der Waals surface area contributed by atoms with E-state index in [4.69, 9.17) is 4.74 Å². The smallest absolute Gasteiger partial charge is 0.309 e. The molecule has 5 aliphatic rings. The van der Waals surface area contributed by atoms with Gasteiger partial charge in [0.05, 0.1) is 37.1 Å². The summed E-state index contributed by atoms with van der Waals surface area (Å²) in [5.41, 5.74) is 0.373. The third-order valence-corrected chi connectivity index (χ3v) is 17.1. The Morgan fingerprint density at radius 3 is 2.19 bits per heavy atom. The lowest BCUT2D eigenvalue weighted by molar-refractivity contribution is -0.235. The average molecular weight is 806 g/mol. The van der Waals surface area contributed by atoms with Crippen LogP contribution in [0.3, 0.4) is 0 Å². The molecule has 4 saturated carbocycles. The summed E-state index contributed by atoms with van der Waals surface area (Å²) in [6.07, 6.45) is 4.33. The minimum atomic E-state index is -1.20. The van der Waals surface area contributed by atoms with E-state index in [1.165, 1.54) is 0 Å². The molecule has 5 aliphatic carbocycles. The number of rotatable bonds is 13. The van der Waals surface area contributed by atoms with Crippen LogP contribution in [0.4, 0.5) is 0 Å². The Morgan fingerprint density at radius 2 is 1.57 bits per heavy atom. The fraction of sp³-hybridized carbons (Fsp3) is 0.750. The van der Waals surface area contributed by atoms with Crippen LogP contribution in [-0.2, 0) is 30.5 Å². The minimum Gasteiger partial charge on any atom is -0.481 e. The molecule has 1 aromatic rings. The van der Waals surface area contributed by atoms with E-state index in [1.807, 2.05) is 30.3 Å². The number of benzene rings is 1. The third-order valence-electron chi connectivity index (χ3n) is 17.1. The molecule has 322 valence electrons. The number of carboxylic acids is 1. The van der Waals surface area contributed by atoms with Crippen LogP contribution >= 0.6 is 0 Å². The van der Waals surface area contributed by atoms with Crippen LogP contribution in [0.2, 0.25) is 0 Å². The van der Waals surface area contributed by atoms with Crippen LogP contribution in [0.15, 0.2) is 41.5 Å². The van der Waals surface area contributed by atoms with Crippen molar-refractivity contribution in [3.05, 3.63) is 47.0 Å². The van der Waals surface area contributed by atoms with Crippen LogP contribution in [0.25, 0.3) is 0 Å². The second kappa shape index (κ2) is 15.7. The Labute approximate surface area is 346 Å². The Hall–Kier alpha value is -3.08. The maximum absolute atomic E-state index is 14.3. The lowest BCUT2D eigenvalue weighted by atomic mass is 9.33. The number of aliphatic carboxylic acids is 1. The van der Waals surface area contributed by atoms with Crippen molar-refractivity contribution in [2.75, 3.05) is 13.2 Å². The van der Waals surface area contributed by atoms with Gasteiger partial charge in [0.1, 0.15) is 6.10 Å². The van der Waals surface area contributed by atoms with Gasteiger partial charge in [0.15, 0.2) is 5.78 Å². The van der Waals surface area contributed by atoms with Crippen LogP contribution in [0.5, 0.6) is 0 Å². The van der Waals surface area contributed by atoms with E-state index in [-0.39, 0.29) is 83.6 Å². The number of fused-ring (bicyclic) bond motifs is 7. The van der Waals surface area contributed by atoms with Crippen molar-refractivity contribution < 1.29 is 44.3 Å². The maximum atomic E-state index is 14.3. The summed E-state index contributed by atoms with van der Waals surface area (Å²) >= 11 is 0. The van der Waals surface area contributed by atoms with Crippen LogP contribution < -0.4 is 0 Å². The van der Waals surface area contributed by atoms with Gasteiger partial charge in [0, 0.05) is 30.3 Å². The van der Waals surface area contributed by atoms with E-state index >= 15 is 0 Å². The molecular weight excluding hydrogens is 735 g/mol. The standard InChI is InChI=1S/C48H71NO9/c1-29(2)40-33(52)24-48(36(53)27-49(38(54)23-31(51)28-50)26-30-13-11-10-12-14-30)22-21-46(8)32(41(40)48)15-16-35-45(7)19-18-37(58-39(55)25-43(3,4)42(56)57)44(5,6)34(45)17-20-47(35,46)9/h10-14,29,31-32,34-37,50-51,53H,15-28H2,1-9H3,(H,56,57)/t31?,32-,34+,35-,36+,37+,45+,46-,47-,48+/m1/s1. The van der Waals surface area contributed by atoms with Crippen molar-refractivity contribution >= 4 is 23.6 Å². The lowest BCUT2D eigenvalue weighted by Gasteiger charge is -2.72. The minimum absolute atomic E-state index is 0.0139. The molecule has 6 rings (SSSR count). The number of nitrogens with zero attached hydrogens (tertiary/aromatic N) is 1. The molecule has 0 spiro atoms. The van der Waals surface area contributed by atoms with E-state index in [0.29, 0.717) is 18.3 Å². The first kappa shape index (κ1) is 44.5. The van der Waals surface area contributed by atoms with Gasteiger partial charge in [0.2, 0.25) is 5.91 Å². The molecule has 1 unspecified atom stereocenters.